The Morgan fingerprint density at radius 1 is 1.03 bits per heavy atom. The van der Waals surface area contributed by atoms with Crippen molar-refractivity contribution < 1.29 is 26.8 Å². The number of rotatable bonds is 6. The molecule has 1 heterocycles. The topological polar surface area (TPSA) is 95.6 Å². The Balaban J connectivity index is 1.62. The Hall–Kier alpha value is -2.85. The van der Waals surface area contributed by atoms with E-state index < -0.39 is 32.5 Å². The maximum atomic E-state index is 13.9. The molecule has 1 aliphatic heterocycles. The second-order valence-electron chi connectivity index (χ2n) is 7.22. The molecule has 7 nitrogen and oxygen atoms in total. The lowest BCUT2D eigenvalue weighted by molar-refractivity contribution is -0.121. The number of hydrogen-bond acceptors (Lipinski definition) is 4. The normalized spacial score (nSPS) is 15.5. The van der Waals surface area contributed by atoms with Crippen molar-refractivity contribution in [3.8, 4) is 0 Å². The molecule has 31 heavy (non-hydrogen) atoms. The molecule has 2 aromatic carbocycles. The maximum Gasteiger partial charge on any atom is 0.246 e. The minimum atomic E-state index is -4.20. The van der Waals surface area contributed by atoms with E-state index in [0.717, 1.165) is 16.4 Å². The van der Waals surface area contributed by atoms with E-state index in [-0.39, 0.29) is 37.7 Å². The van der Waals surface area contributed by atoms with Gasteiger partial charge in [-0.1, -0.05) is 13.0 Å². The van der Waals surface area contributed by atoms with Gasteiger partial charge in [0, 0.05) is 36.8 Å². The fourth-order valence-corrected chi connectivity index (χ4v) is 4.89. The van der Waals surface area contributed by atoms with Crippen LogP contribution in [-0.2, 0) is 19.6 Å². The van der Waals surface area contributed by atoms with E-state index in [0.29, 0.717) is 23.9 Å². The first-order chi connectivity index (χ1) is 14.7. The van der Waals surface area contributed by atoms with Crippen LogP contribution in [0, 0.1) is 17.6 Å². The second-order valence-corrected chi connectivity index (χ2v) is 9.13. The molecule has 10 heteroatoms. The number of carbonyl (C=O) groups is 2. The van der Waals surface area contributed by atoms with Gasteiger partial charge in [-0.2, -0.15) is 4.31 Å². The third-order valence-electron chi connectivity index (χ3n) is 5.07. The molecule has 166 valence electrons. The molecular weight excluding hydrogens is 428 g/mol. The van der Waals surface area contributed by atoms with Crippen LogP contribution in [0.3, 0.4) is 0 Å². The lowest BCUT2D eigenvalue weighted by Gasteiger charge is -2.30. The van der Waals surface area contributed by atoms with E-state index in [1.54, 1.807) is 31.2 Å². The van der Waals surface area contributed by atoms with Crippen molar-refractivity contribution in [2.75, 3.05) is 23.7 Å². The van der Waals surface area contributed by atoms with Gasteiger partial charge in [-0.15, -0.1) is 0 Å². The van der Waals surface area contributed by atoms with E-state index in [2.05, 4.69) is 10.6 Å². The molecule has 0 aliphatic carbocycles. The van der Waals surface area contributed by atoms with Gasteiger partial charge < -0.3 is 10.6 Å². The summed E-state index contributed by atoms with van der Waals surface area (Å²) >= 11 is 0. The monoisotopic (exact) mass is 451 g/mol. The predicted molar refractivity (Wildman–Crippen MR) is 112 cm³/mol. The fraction of sp³-hybridized carbons (Fsp3) is 0.333. The molecule has 0 atom stereocenters. The summed E-state index contributed by atoms with van der Waals surface area (Å²) in [5, 5.41) is 5.49. The van der Waals surface area contributed by atoms with Crippen LogP contribution in [0.4, 0.5) is 20.2 Å². The number of piperidine rings is 1. The average Bonchev–Trinajstić information content (AvgIpc) is 2.75. The number of sulfonamides is 1. The van der Waals surface area contributed by atoms with Gasteiger partial charge >= 0.3 is 0 Å². The van der Waals surface area contributed by atoms with E-state index in [1.807, 2.05) is 0 Å². The summed E-state index contributed by atoms with van der Waals surface area (Å²) < 4.78 is 53.7. The number of benzene rings is 2. The summed E-state index contributed by atoms with van der Waals surface area (Å²) in [4.78, 5) is 23.4. The third kappa shape index (κ3) is 5.45. The number of amides is 2. The van der Waals surface area contributed by atoms with E-state index in [4.69, 9.17) is 0 Å². The zero-order valence-corrected chi connectivity index (χ0v) is 17.7. The van der Waals surface area contributed by atoms with Gasteiger partial charge in [0.05, 0.1) is 0 Å². The molecular formula is C21H23F2N3O4S. The van der Waals surface area contributed by atoms with E-state index in [1.165, 1.54) is 0 Å². The van der Waals surface area contributed by atoms with Crippen LogP contribution in [0.15, 0.2) is 47.4 Å². The number of nitrogens with zero attached hydrogens (tertiary/aromatic N) is 1. The second kappa shape index (κ2) is 9.52. The summed E-state index contributed by atoms with van der Waals surface area (Å²) in [7, 11) is -4.20. The summed E-state index contributed by atoms with van der Waals surface area (Å²) in [6.45, 7) is 1.77. The molecule has 1 fully saturated rings. The Morgan fingerprint density at radius 2 is 1.68 bits per heavy atom. The molecule has 0 saturated carbocycles. The molecule has 0 radical (unpaired) electrons. The van der Waals surface area contributed by atoms with Crippen molar-refractivity contribution >= 4 is 33.2 Å². The molecule has 2 N–H and O–H groups in total. The highest BCUT2D eigenvalue weighted by atomic mass is 32.2. The molecule has 0 unspecified atom stereocenters. The molecule has 1 aliphatic rings. The highest BCUT2D eigenvalue weighted by Gasteiger charge is 2.33. The largest absolute Gasteiger partial charge is 0.326 e. The van der Waals surface area contributed by atoms with Crippen LogP contribution >= 0.6 is 0 Å². The van der Waals surface area contributed by atoms with E-state index in [9.17, 15) is 26.8 Å². The minimum absolute atomic E-state index is 0.0168. The molecule has 0 spiro atoms. The van der Waals surface area contributed by atoms with Gasteiger partial charge in [0.15, 0.2) is 0 Å². The minimum Gasteiger partial charge on any atom is -0.326 e. The van der Waals surface area contributed by atoms with Crippen LogP contribution in [0.2, 0.25) is 0 Å². The Kier molecular flexibility index (Phi) is 7.01. The van der Waals surface area contributed by atoms with Crippen LogP contribution in [0.1, 0.15) is 26.2 Å². The zero-order chi connectivity index (χ0) is 22.6. The fourth-order valence-electron chi connectivity index (χ4n) is 3.34. The van der Waals surface area contributed by atoms with Gasteiger partial charge in [-0.25, -0.2) is 17.2 Å². The molecule has 2 aromatic rings. The van der Waals surface area contributed by atoms with Gasteiger partial charge in [0.1, 0.15) is 16.5 Å². The van der Waals surface area contributed by atoms with Crippen molar-refractivity contribution in [3.05, 3.63) is 54.1 Å². The molecule has 1 saturated heterocycles. The van der Waals surface area contributed by atoms with Crippen molar-refractivity contribution in [2.45, 2.75) is 31.1 Å². The SMILES string of the molecule is CCC(=O)Nc1cccc(NC(=O)C2CCN(S(=O)(=O)c3cc(F)ccc3F)CC2)c1. The smallest absolute Gasteiger partial charge is 0.246 e. The Bertz CT molecular complexity index is 1080. The van der Waals surface area contributed by atoms with Crippen LogP contribution < -0.4 is 10.6 Å². The van der Waals surface area contributed by atoms with Crippen LogP contribution in [0.5, 0.6) is 0 Å². The quantitative estimate of drug-likeness (QED) is 0.704. The summed E-state index contributed by atoms with van der Waals surface area (Å²) in [6.07, 6.45) is 0.820. The number of hydrogen-bond donors (Lipinski definition) is 2. The number of carbonyl (C=O) groups excluding carboxylic acids is 2. The lowest BCUT2D eigenvalue weighted by atomic mass is 9.97. The standard InChI is InChI=1S/C21H23F2N3O4S/c1-2-20(27)24-16-4-3-5-17(13-16)25-21(28)14-8-10-26(11-9-14)31(29,30)19-12-15(22)6-7-18(19)23/h3-7,12-14H,2,8-11H2,1H3,(H,24,27)(H,25,28). The number of anilines is 2. The molecule has 2 amide bonds. The Labute approximate surface area is 179 Å². The highest BCUT2D eigenvalue weighted by Crippen LogP contribution is 2.27. The van der Waals surface area contributed by atoms with E-state index >= 15 is 0 Å². The Morgan fingerprint density at radius 3 is 2.32 bits per heavy atom. The van der Waals surface area contributed by atoms with Gasteiger partial charge in [0.25, 0.3) is 0 Å². The molecule has 3 rings (SSSR count). The average molecular weight is 451 g/mol. The molecule has 0 bridgehead atoms. The third-order valence-corrected chi connectivity index (χ3v) is 6.98. The maximum absolute atomic E-state index is 13.9. The summed E-state index contributed by atoms with van der Waals surface area (Å²) in [5.74, 6) is -2.71. The van der Waals surface area contributed by atoms with Crippen molar-refractivity contribution in [1.29, 1.82) is 0 Å². The first kappa shape index (κ1) is 22.8. The van der Waals surface area contributed by atoms with Gasteiger partial charge in [-0.3, -0.25) is 9.59 Å². The summed E-state index contributed by atoms with van der Waals surface area (Å²) in [6, 6.07) is 9.02. The van der Waals surface area contributed by atoms with Crippen LogP contribution in [0.25, 0.3) is 0 Å². The number of halogens is 2. The predicted octanol–water partition coefficient (Wildman–Crippen LogP) is 3.35. The highest BCUT2D eigenvalue weighted by molar-refractivity contribution is 7.89. The van der Waals surface area contributed by atoms with Gasteiger partial charge in [-0.05, 0) is 49.2 Å². The first-order valence-electron chi connectivity index (χ1n) is 9.86. The lowest BCUT2D eigenvalue weighted by Crippen LogP contribution is -2.41. The first-order valence-corrected chi connectivity index (χ1v) is 11.3. The van der Waals surface area contributed by atoms with Crippen molar-refractivity contribution in [3.63, 3.8) is 0 Å². The zero-order valence-electron chi connectivity index (χ0n) is 16.9. The van der Waals surface area contributed by atoms with Gasteiger partial charge in [0.2, 0.25) is 21.8 Å². The molecule has 0 aromatic heterocycles. The van der Waals surface area contributed by atoms with Crippen LogP contribution in [-0.4, -0.2) is 37.6 Å². The summed E-state index contributed by atoms with van der Waals surface area (Å²) in [5.41, 5.74) is 1.07. The van der Waals surface area contributed by atoms with Crippen molar-refractivity contribution in [1.82, 2.24) is 4.31 Å². The number of nitrogens with one attached hydrogen (secondary N) is 2. The van der Waals surface area contributed by atoms with Crippen molar-refractivity contribution in [2.24, 2.45) is 5.92 Å².